The molecule has 1 aliphatic heterocycles. The summed E-state index contributed by atoms with van der Waals surface area (Å²) in [6.07, 6.45) is 5.31. The van der Waals surface area contributed by atoms with Gasteiger partial charge in [-0.3, -0.25) is 9.59 Å². The fourth-order valence-electron chi connectivity index (χ4n) is 5.23. The van der Waals surface area contributed by atoms with Crippen molar-refractivity contribution in [3.63, 3.8) is 0 Å². The van der Waals surface area contributed by atoms with Crippen molar-refractivity contribution >= 4 is 40.8 Å². The maximum absolute atomic E-state index is 13.2. The van der Waals surface area contributed by atoms with Crippen molar-refractivity contribution in [3.8, 4) is 0 Å². The van der Waals surface area contributed by atoms with Crippen LogP contribution in [0.15, 0.2) is 61.3 Å². The third-order valence-electron chi connectivity index (χ3n) is 7.84. The van der Waals surface area contributed by atoms with E-state index in [2.05, 4.69) is 42.4 Å². The third kappa shape index (κ3) is 10.9. The van der Waals surface area contributed by atoms with Crippen molar-refractivity contribution in [1.82, 2.24) is 25.2 Å². The number of amides is 2. The molecule has 258 valence electrons. The number of halogens is 3. The van der Waals surface area contributed by atoms with Crippen molar-refractivity contribution in [2.24, 2.45) is 0 Å². The second-order valence-corrected chi connectivity index (χ2v) is 11.4. The number of pyridine rings is 1. The Hall–Kier alpha value is -4.72. The number of hydrogen-bond acceptors (Lipinski definition) is 9. The minimum atomic E-state index is -4.64. The van der Waals surface area contributed by atoms with Crippen molar-refractivity contribution in [2.45, 2.75) is 51.1 Å². The standard InChI is InChI=1S/C34H43F3N8O3/c1-3-18-38-32(47)27-24-39-33(43-31(27)42-29-12-10-11-28(41-29)34(35,36)37)40-25-14-16-26(17-15-25)44-19-21-45(22-20-44)30(46)13-8-6-4-5-7-9-23-48-2/h3,10-12,14-17,24H,1,4-9,13,18-23H2,2H3,(H,38,47)(H2,39,40,41,42,43). The van der Waals surface area contributed by atoms with Crippen LogP contribution in [0.25, 0.3) is 0 Å². The molecule has 1 saturated heterocycles. The monoisotopic (exact) mass is 668 g/mol. The first-order valence-corrected chi connectivity index (χ1v) is 16.1. The van der Waals surface area contributed by atoms with Crippen molar-refractivity contribution in [2.75, 3.05) is 62.0 Å². The van der Waals surface area contributed by atoms with E-state index in [9.17, 15) is 22.8 Å². The molecule has 0 unspecified atom stereocenters. The van der Waals surface area contributed by atoms with Crippen LogP contribution in [0.5, 0.6) is 0 Å². The quantitative estimate of drug-likeness (QED) is 0.112. The van der Waals surface area contributed by atoms with Crippen LogP contribution in [0.4, 0.5) is 42.1 Å². The average Bonchev–Trinajstić information content (AvgIpc) is 3.08. The number of benzene rings is 1. The lowest BCUT2D eigenvalue weighted by Gasteiger charge is -2.36. The molecule has 11 nitrogen and oxygen atoms in total. The van der Waals surface area contributed by atoms with E-state index in [1.807, 2.05) is 29.2 Å². The van der Waals surface area contributed by atoms with E-state index in [0.29, 0.717) is 25.2 Å². The first-order valence-electron chi connectivity index (χ1n) is 16.1. The van der Waals surface area contributed by atoms with Gasteiger partial charge in [-0.25, -0.2) is 9.97 Å². The molecule has 0 aliphatic carbocycles. The smallest absolute Gasteiger partial charge is 0.385 e. The number of hydrogen-bond donors (Lipinski definition) is 3. The predicted molar refractivity (Wildman–Crippen MR) is 180 cm³/mol. The number of aromatic nitrogens is 3. The van der Waals surface area contributed by atoms with Crippen LogP contribution in [-0.4, -0.2) is 78.1 Å². The van der Waals surface area contributed by atoms with E-state index in [4.69, 9.17) is 4.74 Å². The second kappa shape index (κ2) is 18.0. The van der Waals surface area contributed by atoms with Gasteiger partial charge >= 0.3 is 6.18 Å². The largest absolute Gasteiger partial charge is 0.433 e. The van der Waals surface area contributed by atoms with Gasteiger partial charge in [0, 0.05) is 70.4 Å². The number of anilines is 5. The molecular weight excluding hydrogens is 625 g/mol. The van der Waals surface area contributed by atoms with Crippen LogP contribution < -0.4 is 20.9 Å². The van der Waals surface area contributed by atoms with Crippen molar-refractivity contribution in [3.05, 3.63) is 72.6 Å². The summed E-state index contributed by atoms with van der Waals surface area (Å²) >= 11 is 0. The van der Waals surface area contributed by atoms with Gasteiger partial charge in [-0.05, 0) is 49.2 Å². The van der Waals surface area contributed by atoms with Gasteiger partial charge < -0.3 is 30.5 Å². The van der Waals surface area contributed by atoms with Crippen LogP contribution in [0, 0.1) is 0 Å². The Morgan fingerprint density at radius 3 is 2.33 bits per heavy atom. The zero-order valence-electron chi connectivity index (χ0n) is 27.2. The van der Waals surface area contributed by atoms with Crippen LogP contribution in [0.2, 0.25) is 0 Å². The maximum atomic E-state index is 13.2. The Labute approximate surface area is 279 Å². The summed E-state index contributed by atoms with van der Waals surface area (Å²) in [5.74, 6) is -0.358. The minimum absolute atomic E-state index is 0.0169. The SMILES string of the molecule is C=CCNC(=O)c1cnc(Nc2ccc(N3CCN(C(=O)CCCCCCCCOC)CC3)cc2)nc1Nc1cccc(C(F)(F)F)n1. The number of piperazine rings is 1. The van der Waals surface area contributed by atoms with E-state index < -0.39 is 17.8 Å². The van der Waals surface area contributed by atoms with Crippen LogP contribution in [0.3, 0.4) is 0 Å². The Morgan fingerprint density at radius 1 is 0.938 bits per heavy atom. The van der Waals surface area contributed by atoms with Gasteiger partial charge in [0.15, 0.2) is 0 Å². The number of nitrogens with one attached hydrogen (secondary N) is 3. The van der Waals surface area contributed by atoms with Crippen molar-refractivity contribution < 1.29 is 27.5 Å². The minimum Gasteiger partial charge on any atom is -0.385 e. The normalized spacial score (nSPS) is 13.2. The fourth-order valence-corrected chi connectivity index (χ4v) is 5.23. The highest BCUT2D eigenvalue weighted by Crippen LogP contribution is 2.29. The Bertz CT molecular complexity index is 1500. The number of rotatable bonds is 17. The molecule has 0 bridgehead atoms. The molecule has 0 atom stereocenters. The van der Waals surface area contributed by atoms with Gasteiger partial charge in [-0.2, -0.15) is 18.2 Å². The lowest BCUT2D eigenvalue weighted by atomic mass is 10.1. The maximum Gasteiger partial charge on any atom is 0.433 e. The number of ether oxygens (including phenoxy) is 1. The van der Waals surface area contributed by atoms with Crippen LogP contribution in [0.1, 0.15) is 61.0 Å². The summed E-state index contributed by atoms with van der Waals surface area (Å²) in [5.41, 5.74) is 0.608. The molecule has 2 amide bonds. The molecule has 0 radical (unpaired) electrons. The highest BCUT2D eigenvalue weighted by atomic mass is 19.4. The molecule has 4 rings (SSSR count). The number of nitrogens with zero attached hydrogens (tertiary/aromatic N) is 5. The van der Waals surface area contributed by atoms with Gasteiger partial charge in [0.2, 0.25) is 11.9 Å². The molecule has 3 N–H and O–H groups in total. The Morgan fingerprint density at radius 2 is 1.65 bits per heavy atom. The summed E-state index contributed by atoms with van der Waals surface area (Å²) in [7, 11) is 1.72. The van der Waals surface area contributed by atoms with E-state index in [1.165, 1.54) is 37.2 Å². The van der Waals surface area contributed by atoms with Crippen LogP contribution >= 0.6 is 0 Å². The second-order valence-electron chi connectivity index (χ2n) is 11.4. The predicted octanol–water partition coefficient (Wildman–Crippen LogP) is 6.32. The lowest BCUT2D eigenvalue weighted by Crippen LogP contribution is -2.48. The number of carbonyl (C=O) groups excluding carboxylic acids is 2. The Kier molecular flexibility index (Phi) is 13.5. The lowest BCUT2D eigenvalue weighted by molar-refractivity contribution is -0.141. The van der Waals surface area contributed by atoms with Crippen molar-refractivity contribution in [1.29, 1.82) is 0 Å². The number of unbranched alkanes of at least 4 members (excludes halogenated alkanes) is 5. The van der Waals surface area contributed by atoms with Gasteiger partial charge in [-0.15, -0.1) is 6.58 Å². The van der Waals surface area contributed by atoms with Gasteiger partial charge in [0.1, 0.15) is 22.9 Å². The first kappa shape index (κ1) is 36.1. The van der Waals surface area contributed by atoms with E-state index in [-0.39, 0.29) is 35.6 Å². The molecule has 0 saturated carbocycles. The Balaban J connectivity index is 1.33. The molecule has 3 aromatic rings. The number of alkyl halides is 3. The highest BCUT2D eigenvalue weighted by molar-refractivity contribution is 5.99. The van der Waals surface area contributed by atoms with E-state index in [1.54, 1.807) is 7.11 Å². The molecule has 1 aliphatic rings. The zero-order valence-corrected chi connectivity index (χ0v) is 27.2. The molecule has 3 heterocycles. The van der Waals surface area contributed by atoms with E-state index in [0.717, 1.165) is 57.1 Å². The van der Waals surface area contributed by atoms with Gasteiger partial charge in [-0.1, -0.05) is 37.8 Å². The first-order chi connectivity index (χ1) is 23.2. The molecule has 2 aromatic heterocycles. The zero-order chi connectivity index (χ0) is 34.4. The average molecular weight is 669 g/mol. The van der Waals surface area contributed by atoms with Gasteiger partial charge in [0.05, 0.1) is 0 Å². The van der Waals surface area contributed by atoms with E-state index >= 15 is 0 Å². The summed E-state index contributed by atoms with van der Waals surface area (Å²) in [6, 6.07) is 11.0. The molecule has 1 aromatic carbocycles. The molecule has 1 fully saturated rings. The topological polar surface area (TPSA) is 125 Å². The number of methoxy groups -OCH3 is 1. The molecule has 14 heteroatoms. The fraction of sp³-hybridized carbons (Fsp3) is 0.441. The van der Waals surface area contributed by atoms with Gasteiger partial charge in [0.25, 0.3) is 5.91 Å². The summed E-state index contributed by atoms with van der Waals surface area (Å²) in [5, 5.41) is 8.43. The highest BCUT2D eigenvalue weighted by Gasteiger charge is 2.32. The molecule has 48 heavy (non-hydrogen) atoms. The third-order valence-corrected chi connectivity index (χ3v) is 7.84. The summed E-state index contributed by atoms with van der Waals surface area (Å²) < 4.78 is 44.8. The number of carbonyl (C=O) groups is 2. The van der Waals surface area contributed by atoms with Crippen LogP contribution in [-0.2, 0) is 15.7 Å². The molecular formula is C34H43F3N8O3. The summed E-state index contributed by atoms with van der Waals surface area (Å²) in [4.78, 5) is 41.9. The summed E-state index contributed by atoms with van der Waals surface area (Å²) in [6.45, 7) is 7.36. The molecule has 0 spiro atoms.